The molecule has 43 heavy (non-hydrogen) atoms. The molecule has 1 unspecified atom stereocenters. The van der Waals surface area contributed by atoms with Gasteiger partial charge in [-0.15, -0.1) is 0 Å². The van der Waals surface area contributed by atoms with E-state index < -0.39 is 17.2 Å². The molecule has 0 aliphatic rings. The van der Waals surface area contributed by atoms with Crippen LogP contribution in [0.15, 0.2) is 53.5 Å². The van der Waals surface area contributed by atoms with E-state index in [9.17, 15) is 9.59 Å². The van der Waals surface area contributed by atoms with Crippen LogP contribution in [0.25, 0.3) is 11.3 Å². The van der Waals surface area contributed by atoms with Crippen molar-refractivity contribution in [2.45, 2.75) is 32.1 Å². The molecule has 3 aromatic rings. The van der Waals surface area contributed by atoms with E-state index in [2.05, 4.69) is 31.2 Å². The van der Waals surface area contributed by atoms with Crippen molar-refractivity contribution in [2.75, 3.05) is 52.7 Å². The van der Waals surface area contributed by atoms with Gasteiger partial charge in [0.05, 0.1) is 19.3 Å². The Kier molecular flexibility index (Phi) is 12.2. The zero-order valence-corrected chi connectivity index (χ0v) is 26.7. The number of primary amides is 1. The van der Waals surface area contributed by atoms with Crippen molar-refractivity contribution in [1.82, 2.24) is 14.9 Å². The van der Waals surface area contributed by atoms with Gasteiger partial charge in [0.2, 0.25) is 5.91 Å². The van der Waals surface area contributed by atoms with Crippen molar-refractivity contribution < 1.29 is 18.9 Å². The van der Waals surface area contributed by atoms with E-state index in [0.717, 1.165) is 18.5 Å². The molecule has 2 amide bonds. The molecular formula is C31H38Cl2N7O3+. The number of rotatable bonds is 14. The van der Waals surface area contributed by atoms with Crippen molar-refractivity contribution >= 4 is 46.8 Å². The predicted octanol–water partition coefficient (Wildman–Crippen LogP) is 4.54. The Morgan fingerprint density at radius 2 is 1.93 bits per heavy atom. The minimum atomic E-state index is -1.67. The minimum absolute atomic E-state index is 0.154. The number of anilines is 1. The molecule has 1 atom stereocenters. The molecule has 3 rings (SSSR count). The lowest BCUT2D eigenvalue weighted by atomic mass is 9.79. The van der Waals surface area contributed by atoms with Gasteiger partial charge in [-0.25, -0.2) is 4.79 Å². The van der Waals surface area contributed by atoms with E-state index in [1.165, 1.54) is 18.6 Å². The van der Waals surface area contributed by atoms with E-state index in [0.29, 0.717) is 52.2 Å². The lowest BCUT2D eigenvalue weighted by molar-refractivity contribution is -0.443. The number of carbonyl (C=O) groups excluding carboxylic acids is 2. The second-order valence-electron chi connectivity index (χ2n) is 10.3. The first kappa shape index (κ1) is 33.7. The van der Waals surface area contributed by atoms with Crippen LogP contribution in [0.2, 0.25) is 10.0 Å². The molecule has 0 radical (unpaired) electrons. The summed E-state index contributed by atoms with van der Waals surface area (Å²) in [5, 5.41) is 4.45. The number of likely N-dealkylation sites (N-methyl/N-ethyl adjacent to an activating group) is 1. The molecule has 2 aromatic carbocycles. The molecule has 0 bridgehead atoms. The predicted molar refractivity (Wildman–Crippen MR) is 171 cm³/mol. The molecular weight excluding hydrogens is 589 g/mol. The van der Waals surface area contributed by atoms with Gasteiger partial charge in [-0.2, -0.15) is 14.5 Å². The Hall–Kier alpha value is -3.82. The topological polar surface area (TPSA) is 126 Å². The molecule has 0 saturated heterocycles. The maximum Gasteiger partial charge on any atom is 0.337 e. The van der Waals surface area contributed by atoms with Crippen molar-refractivity contribution in [3.05, 3.63) is 69.7 Å². The first-order chi connectivity index (χ1) is 20.5. The van der Waals surface area contributed by atoms with Crippen LogP contribution in [0, 0.1) is 0 Å². The number of carbonyl (C=O) groups is 2. The molecule has 228 valence electrons. The number of nitrogens with one attached hydrogen (secondary N) is 1. The molecule has 1 aromatic heterocycles. The van der Waals surface area contributed by atoms with Crippen LogP contribution in [0.4, 0.5) is 5.82 Å². The van der Waals surface area contributed by atoms with E-state index in [1.54, 1.807) is 43.3 Å². The van der Waals surface area contributed by atoms with Gasteiger partial charge >= 0.3 is 17.9 Å². The summed E-state index contributed by atoms with van der Waals surface area (Å²) < 4.78 is 6.65. The Morgan fingerprint density at radius 3 is 2.58 bits per heavy atom. The van der Waals surface area contributed by atoms with Crippen molar-refractivity contribution in [1.29, 1.82) is 0 Å². The van der Waals surface area contributed by atoms with Crippen LogP contribution in [-0.2, 0) is 21.4 Å². The van der Waals surface area contributed by atoms with Crippen LogP contribution in [0.5, 0.6) is 6.01 Å². The molecule has 0 aliphatic carbocycles. The third kappa shape index (κ3) is 8.84. The van der Waals surface area contributed by atoms with Gasteiger partial charge in [0, 0.05) is 41.2 Å². The molecule has 0 fully saturated rings. The highest BCUT2D eigenvalue weighted by Gasteiger charge is 2.46. The Morgan fingerprint density at radius 1 is 1.16 bits per heavy atom. The molecule has 1 heterocycles. The molecule has 0 saturated carbocycles. The largest absolute Gasteiger partial charge is 0.467 e. The fourth-order valence-corrected chi connectivity index (χ4v) is 4.80. The third-order valence-electron chi connectivity index (χ3n) is 6.89. The van der Waals surface area contributed by atoms with Gasteiger partial charge in [-0.1, -0.05) is 47.5 Å². The van der Waals surface area contributed by atoms with E-state index >= 15 is 0 Å². The summed E-state index contributed by atoms with van der Waals surface area (Å²) in [4.78, 5) is 41.8. The summed E-state index contributed by atoms with van der Waals surface area (Å²) in [7, 11) is 5.44. The molecule has 10 nitrogen and oxygen atoms in total. The summed E-state index contributed by atoms with van der Waals surface area (Å²) >= 11 is 12.3. The van der Waals surface area contributed by atoms with Crippen LogP contribution >= 0.6 is 23.2 Å². The van der Waals surface area contributed by atoms with Crippen molar-refractivity contribution in [2.24, 2.45) is 10.7 Å². The number of benzene rings is 2. The fraction of sp³-hybridized carbons (Fsp3) is 0.387. The monoisotopic (exact) mass is 626 g/mol. The minimum Gasteiger partial charge on any atom is -0.467 e. The first-order valence-corrected chi connectivity index (χ1v) is 14.7. The molecule has 3 N–H and O–H groups in total. The maximum absolute atomic E-state index is 13.7. The van der Waals surface area contributed by atoms with Gasteiger partial charge < -0.3 is 20.7 Å². The number of nitrogens with two attached hydrogens (primary N) is 1. The van der Waals surface area contributed by atoms with Gasteiger partial charge in [0.25, 0.3) is 0 Å². The van der Waals surface area contributed by atoms with E-state index in [-0.39, 0.29) is 12.6 Å². The zero-order chi connectivity index (χ0) is 31.6. The van der Waals surface area contributed by atoms with E-state index in [1.807, 2.05) is 26.2 Å². The number of hydrogen-bond donors (Lipinski definition) is 2. The summed E-state index contributed by atoms with van der Waals surface area (Å²) in [6, 6.07) is 17.1. The lowest BCUT2D eigenvalue weighted by Gasteiger charge is -2.23. The average molecular weight is 628 g/mol. The Balaban J connectivity index is 1.90. The summed E-state index contributed by atoms with van der Waals surface area (Å²) in [6.45, 7) is 5.48. The van der Waals surface area contributed by atoms with Crippen molar-refractivity contribution in [3.63, 3.8) is 0 Å². The number of methoxy groups -OCH3 is 1. The SMILES string of the molecule is CC[N+](=C=NCCCN(C)C)C(=O)C(C)(C(N)=O)c1cccc(-c2cc(NCCc3ccc(Cl)cc3Cl)nc(OC)n2)c1. The number of hydrogen-bond acceptors (Lipinski definition) is 8. The highest BCUT2D eigenvalue weighted by atomic mass is 35.5. The Bertz CT molecular complexity index is 1520. The number of aliphatic imine (C=N–C) groups is 1. The zero-order valence-electron chi connectivity index (χ0n) is 25.2. The van der Waals surface area contributed by atoms with Gasteiger partial charge in [0.15, 0.2) is 5.41 Å². The second-order valence-corrected chi connectivity index (χ2v) is 11.1. The van der Waals surface area contributed by atoms with Crippen molar-refractivity contribution in [3.8, 4) is 17.3 Å². The van der Waals surface area contributed by atoms with Crippen LogP contribution in [-0.4, -0.2) is 84.7 Å². The standard InChI is InChI=1S/C31H37Cl2N7O3/c1-6-40(20-35-14-8-16-39(3)4)29(42)31(2,28(34)41)23-10-7-9-22(17-23)26-19-27(38-30(37-26)43-5)36-15-13-21-11-12-24(32)18-25(21)33/h7,9-12,17-19H,6,8,13-16H2,1-5H3,(H2-,34,36,37,38,41)/p+1. The van der Waals surface area contributed by atoms with E-state index in [4.69, 9.17) is 33.7 Å². The van der Waals surface area contributed by atoms with Crippen LogP contribution in [0.3, 0.4) is 0 Å². The summed E-state index contributed by atoms with van der Waals surface area (Å²) in [5.74, 6) is -0.770. The number of amides is 2. The molecule has 12 heteroatoms. The maximum atomic E-state index is 13.7. The normalized spacial score (nSPS) is 12.3. The first-order valence-electron chi connectivity index (χ1n) is 13.9. The number of nitrogens with zero attached hydrogens (tertiary/aromatic N) is 5. The second kappa shape index (κ2) is 15.6. The molecule has 0 spiro atoms. The Labute approximate surface area is 262 Å². The number of halogens is 2. The van der Waals surface area contributed by atoms with Gasteiger partial charge in [-0.05, 0) is 68.7 Å². The highest BCUT2D eigenvalue weighted by molar-refractivity contribution is 6.35. The number of aromatic nitrogens is 2. The third-order valence-corrected chi connectivity index (χ3v) is 7.47. The van der Waals surface area contributed by atoms with Crippen LogP contribution in [0.1, 0.15) is 31.4 Å². The smallest absolute Gasteiger partial charge is 0.337 e. The van der Waals surface area contributed by atoms with Crippen LogP contribution < -0.4 is 15.8 Å². The summed E-state index contributed by atoms with van der Waals surface area (Å²) in [6.07, 6.45) is 1.45. The lowest BCUT2D eigenvalue weighted by Crippen LogP contribution is -2.49. The number of ether oxygens (including phenoxy) is 1. The van der Waals surface area contributed by atoms with Gasteiger partial charge in [-0.3, -0.25) is 4.79 Å². The highest BCUT2D eigenvalue weighted by Crippen LogP contribution is 2.30. The average Bonchev–Trinajstić information content (AvgIpc) is 2.99. The molecule has 0 aliphatic heterocycles. The summed E-state index contributed by atoms with van der Waals surface area (Å²) in [5.41, 5.74) is 6.73. The quantitative estimate of drug-likeness (QED) is 0.116. The van der Waals surface area contributed by atoms with Gasteiger partial charge in [0.1, 0.15) is 12.4 Å². The fourth-order valence-electron chi connectivity index (χ4n) is 4.30.